The summed E-state index contributed by atoms with van der Waals surface area (Å²) in [4.78, 5) is 16.4. The third kappa shape index (κ3) is 5.80. The van der Waals surface area contributed by atoms with Gasteiger partial charge in [0.2, 0.25) is 15.9 Å². The summed E-state index contributed by atoms with van der Waals surface area (Å²) in [5.74, 6) is -0.208. The van der Waals surface area contributed by atoms with Crippen LogP contribution in [0, 0.1) is 0 Å². The van der Waals surface area contributed by atoms with Crippen molar-refractivity contribution in [2.45, 2.75) is 50.1 Å². The normalized spacial score (nSPS) is 13.5. The van der Waals surface area contributed by atoms with Crippen LogP contribution in [-0.2, 0) is 40.7 Å². The first kappa shape index (κ1) is 22.2. The lowest BCUT2D eigenvalue weighted by atomic mass is 9.92. The van der Waals surface area contributed by atoms with E-state index in [4.69, 9.17) is 0 Å². The van der Waals surface area contributed by atoms with E-state index < -0.39 is 10.0 Å². The first-order valence-corrected chi connectivity index (χ1v) is 12.3. The number of hydrogen-bond acceptors (Lipinski definition) is 5. The van der Waals surface area contributed by atoms with E-state index in [1.807, 2.05) is 30.3 Å². The average Bonchev–Trinajstić information content (AvgIpc) is 3.30. The summed E-state index contributed by atoms with van der Waals surface area (Å²) in [7, 11) is -3.63. The van der Waals surface area contributed by atoms with Crippen molar-refractivity contribution in [1.29, 1.82) is 0 Å². The summed E-state index contributed by atoms with van der Waals surface area (Å²) in [5, 5.41) is 6.94. The SMILES string of the molecule is O=C(CCNS(=O)(=O)c1ccc2c(c1)CCCC2)NCc1cccc(Cn2cncn2)c1. The summed E-state index contributed by atoms with van der Waals surface area (Å²) in [6.07, 6.45) is 7.38. The lowest BCUT2D eigenvalue weighted by Crippen LogP contribution is -2.30. The second kappa shape index (κ2) is 10.1. The number of fused-ring (bicyclic) bond motifs is 1. The number of rotatable bonds is 9. The molecule has 0 spiro atoms. The molecule has 0 unspecified atom stereocenters. The maximum absolute atomic E-state index is 12.6. The van der Waals surface area contributed by atoms with E-state index >= 15 is 0 Å². The quantitative estimate of drug-likeness (QED) is 0.517. The van der Waals surface area contributed by atoms with Gasteiger partial charge in [0, 0.05) is 19.5 Å². The molecule has 0 saturated heterocycles. The van der Waals surface area contributed by atoms with Crippen molar-refractivity contribution in [1.82, 2.24) is 24.8 Å². The van der Waals surface area contributed by atoms with Crippen LogP contribution >= 0.6 is 0 Å². The van der Waals surface area contributed by atoms with Crippen LogP contribution in [-0.4, -0.2) is 35.6 Å². The Morgan fingerprint density at radius 3 is 2.66 bits per heavy atom. The highest BCUT2D eigenvalue weighted by atomic mass is 32.2. The van der Waals surface area contributed by atoms with Gasteiger partial charge < -0.3 is 5.32 Å². The number of aromatic nitrogens is 3. The highest BCUT2D eigenvalue weighted by molar-refractivity contribution is 7.89. The fraction of sp³-hybridized carbons (Fsp3) is 0.348. The third-order valence-corrected chi connectivity index (χ3v) is 7.03. The average molecular weight is 454 g/mol. The number of nitrogens with one attached hydrogen (secondary N) is 2. The molecule has 1 aliphatic rings. The monoisotopic (exact) mass is 453 g/mol. The Labute approximate surface area is 188 Å². The first-order chi connectivity index (χ1) is 15.5. The van der Waals surface area contributed by atoms with Crippen LogP contribution in [0.25, 0.3) is 0 Å². The second-order valence-electron chi connectivity index (χ2n) is 7.98. The minimum atomic E-state index is -3.63. The van der Waals surface area contributed by atoms with Crippen LogP contribution < -0.4 is 10.0 Å². The van der Waals surface area contributed by atoms with Gasteiger partial charge in [-0.15, -0.1) is 0 Å². The van der Waals surface area contributed by atoms with Gasteiger partial charge in [-0.3, -0.25) is 4.79 Å². The number of hydrogen-bond donors (Lipinski definition) is 2. The predicted molar refractivity (Wildman–Crippen MR) is 120 cm³/mol. The summed E-state index contributed by atoms with van der Waals surface area (Å²) < 4.78 is 29.5. The number of aryl methyl sites for hydroxylation is 2. The number of nitrogens with zero attached hydrogens (tertiary/aromatic N) is 3. The fourth-order valence-corrected chi connectivity index (χ4v) is 4.97. The molecule has 168 valence electrons. The topological polar surface area (TPSA) is 106 Å². The molecule has 1 aromatic heterocycles. The van der Waals surface area contributed by atoms with Crippen molar-refractivity contribution in [3.8, 4) is 0 Å². The molecule has 4 rings (SSSR count). The molecule has 1 aliphatic carbocycles. The van der Waals surface area contributed by atoms with Gasteiger partial charge in [0.1, 0.15) is 12.7 Å². The molecule has 0 atom stereocenters. The molecule has 9 heteroatoms. The highest BCUT2D eigenvalue weighted by Crippen LogP contribution is 2.24. The molecule has 0 fully saturated rings. The molecule has 0 bridgehead atoms. The lowest BCUT2D eigenvalue weighted by molar-refractivity contribution is -0.121. The van der Waals surface area contributed by atoms with Crippen LogP contribution in [0.3, 0.4) is 0 Å². The Hall–Kier alpha value is -3.04. The van der Waals surface area contributed by atoms with Crippen LogP contribution in [0.4, 0.5) is 0 Å². The molecule has 2 N–H and O–H groups in total. The number of carbonyl (C=O) groups is 1. The van der Waals surface area contributed by atoms with Crippen molar-refractivity contribution >= 4 is 15.9 Å². The van der Waals surface area contributed by atoms with Crippen LogP contribution in [0.1, 0.15) is 41.5 Å². The molecule has 0 aliphatic heterocycles. The van der Waals surface area contributed by atoms with Gasteiger partial charge in [0.05, 0.1) is 11.4 Å². The number of benzene rings is 2. The van der Waals surface area contributed by atoms with Crippen LogP contribution in [0.2, 0.25) is 0 Å². The minimum Gasteiger partial charge on any atom is -0.352 e. The molecule has 3 aromatic rings. The zero-order valence-corrected chi connectivity index (χ0v) is 18.6. The van der Waals surface area contributed by atoms with Crippen molar-refractivity contribution in [2.75, 3.05) is 6.54 Å². The Morgan fingerprint density at radius 1 is 1.03 bits per heavy atom. The Morgan fingerprint density at radius 2 is 1.84 bits per heavy atom. The van der Waals surface area contributed by atoms with Crippen LogP contribution in [0.15, 0.2) is 60.0 Å². The van der Waals surface area contributed by atoms with Crippen LogP contribution in [0.5, 0.6) is 0 Å². The first-order valence-electron chi connectivity index (χ1n) is 10.8. The van der Waals surface area contributed by atoms with Gasteiger partial charge in [0.25, 0.3) is 0 Å². The van der Waals surface area contributed by atoms with Crippen molar-refractivity contribution in [3.63, 3.8) is 0 Å². The minimum absolute atomic E-state index is 0.0532. The van der Waals surface area contributed by atoms with E-state index in [1.165, 1.54) is 11.9 Å². The van der Waals surface area contributed by atoms with Gasteiger partial charge >= 0.3 is 0 Å². The van der Waals surface area contributed by atoms with E-state index in [1.54, 1.807) is 23.1 Å². The summed E-state index contributed by atoms with van der Waals surface area (Å²) >= 11 is 0. The summed E-state index contributed by atoms with van der Waals surface area (Å²) in [5.41, 5.74) is 4.37. The smallest absolute Gasteiger partial charge is 0.240 e. The number of sulfonamides is 1. The summed E-state index contributed by atoms with van der Waals surface area (Å²) in [6, 6.07) is 13.2. The lowest BCUT2D eigenvalue weighted by Gasteiger charge is -2.16. The maximum Gasteiger partial charge on any atom is 0.240 e. The molecule has 0 saturated carbocycles. The molecule has 0 radical (unpaired) electrons. The third-order valence-electron chi connectivity index (χ3n) is 5.57. The largest absolute Gasteiger partial charge is 0.352 e. The van der Waals surface area contributed by atoms with E-state index in [0.29, 0.717) is 13.1 Å². The van der Waals surface area contributed by atoms with Gasteiger partial charge in [-0.25, -0.2) is 22.8 Å². The zero-order valence-electron chi connectivity index (χ0n) is 17.8. The van der Waals surface area contributed by atoms with Crippen molar-refractivity contribution in [2.24, 2.45) is 0 Å². The Bertz CT molecular complexity index is 1180. The van der Waals surface area contributed by atoms with Crippen molar-refractivity contribution in [3.05, 3.63) is 77.4 Å². The van der Waals surface area contributed by atoms with E-state index in [0.717, 1.165) is 42.4 Å². The molecular formula is C23H27N5O3S. The standard InChI is InChI=1S/C23H27N5O3S/c29-23(25-14-18-4-3-5-19(12-18)15-28-17-24-16-26-28)10-11-27-32(30,31)22-9-8-20-6-1-2-7-21(20)13-22/h3-5,8-9,12-13,16-17,27H,1-2,6-7,10-11,14-15H2,(H,25,29). The van der Waals surface area contributed by atoms with Crippen molar-refractivity contribution < 1.29 is 13.2 Å². The fourth-order valence-electron chi connectivity index (χ4n) is 3.89. The van der Waals surface area contributed by atoms with E-state index in [-0.39, 0.29) is 23.8 Å². The maximum atomic E-state index is 12.6. The van der Waals surface area contributed by atoms with Gasteiger partial charge in [0.15, 0.2) is 0 Å². The number of amides is 1. The van der Waals surface area contributed by atoms with Gasteiger partial charge in [-0.05, 0) is 60.1 Å². The summed E-state index contributed by atoms with van der Waals surface area (Å²) in [6.45, 7) is 1.03. The predicted octanol–water partition coefficient (Wildman–Crippen LogP) is 2.19. The second-order valence-corrected chi connectivity index (χ2v) is 9.74. The highest BCUT2D eigenvalue weighted by Gasteiger charge is 2.17. The molecule has 1 amide bonds. The molecule has 2 aromatic carbocycles. The molecule has 8 nitrogen and oxygen atoms in total. The van der Waals surface area contributed by atoms with Gasteiger partial charge in [-0.1, -0.05) is 30.3 Å². The van der Waals surface area contributed by atoms with Gasteiger partial charge in [-0.2, -0.15) is 5.10 Å². The zero-order chi connectivity index (χ0) is 22.4. The van der Waals surface area contributed by atoms with E-state index in [9.17, 15) is 13.2 Å². The van der Waals surface area contributed by atoms with E-state index in [2.05, 4.69) is 20.1 Å². The number of carbonyl (C=O) groups excluding carboxylic acids is 1. The molecule has 32 heavy (non-hydrogen) atoms. The Kier molecular flexibility index (Phi) is 6.96. The molecule has 1 heterocycles. The Balaban J connectivity index is 1.24. The molecular weight excluding hydrogens is 426 g/mol.